The summed E-state index contributed by atoms with van der Waals surface area (Å²) in [6, 6.07) is 0. The Kier molecular flexibility index (Phi) is 18.8. The van der Waals surface area contributed by atoms with E-state index in [9.17, 15) is 42.8 Å². The number of nitrogens with zero attached hydrogens (tertiary/aromatic N) is 1. The predicted octanol–water partition coefficient (Wildman–Crippen LogP) is -8.87. The van der Waals surface area contributed by atoms with Gasteiger partial charge in [-0.3, -0.25) is 0 Å². The zero-order chi connectivity index (χ0) is 21.4. The molecule has 0 aromatic carbocycles. The zero-order valence-corrected chi connectivity index (χ0v) is 24.0. The Balaban J connectivity index is -0.00000338. The van der Waals surface area contributed by atoms with Crippen LogP contribution in [0, 0.1) is 0 Å². The van der Waals surface area contributed by atoms with Crippen LogP contribution < -0.4 is 63.8 Å². The van der Waals surface area contributed by atoms with Crippen molar-refractivity contribution in [3.05, 3.63) is 0 Å². The van der Waals surface area contributed by atoms with Gasteiger partial charge in [-0.1, -0.05) is 0 Å². The normalized spacial score (nSPS) is 13.0. The Morgan fingerprint density at radius 3 is 1.52 bits per heavy atom. The van der Waals surface area contributed by atoms with Crippen molar-refractivity contribution in [1.82, 2.24) is 9.62 Å². The van der Waals surface area contributed by atoms with Gasteiger partial charge in [-0.15, -0.1) is 0 Å². The van der Waals surface area contributed by atoms with Crippen LogP contribution in [0.15, 0.2) is 0 Å². The molecule has 29 heavy (non-hydrogen) atoms. The molecule has 12 nitrogen and oxygen atoms in total. The van der Waals surface area contributed by atoms with Crippen molar-refractivity contribution in [1.29, 1.82) is 0 Å². The fraction of sp³-hybridized carbons (Fsp3) is 1.00. The number of hydrogen-bond donors (Lipinski definition) is 1. The van der Waals surface area contributed by atoms with Crippen molar-refractivity contribution in [2.24, 2.45) is 0 Å². The average molecular weight is 519 g/mol. The molecule has 0 fully saturated rings. The molecular formula is C11H24N2Na2O10S4. The maximum Gasteiger partial charge on any atom is 1.00 e. The largest absolute Gasteiger partial charge is 1.00 e. The number of nitrogens with one attached hydrogen (secondary N) is 1. The summed E-state index contributed by atoms with van der Waals surface area (Å²) in [5, 5.41) is 0. The van der Waals surface area contributed by atoms with Gasteiger partial charge in [0.15, 0.2) is 0 Å². The molecule has 164 valence electrons. The summed E-state index contributed by atoms with van der Waals surface area (Å²) in [5.41, 5.74) is 0. The van der Waals surface area contributed by atoms with Crippen LogP contribution in [-0.2, 0) is 40.1 Å². The molecule has 0 atom stereocenters. The number of hydrogen-bond acceptors (Lipinski definition) is 11. The Morgan fingerprint density at radius 2 is 1.14 bits per heavy atom. The first-order valence-electron chi connectivity index (χ1n) is 7.74. The molecular weight excluding hydrogens is 494 g/mol. The molecule has 0 aliphatic rings. The van der Waals surface area contributed by atoms with Gasteiger partial charge in [0.05, 0.1) is 43.2 Å². The molecule has 0 aliphatic carbocycles. The predicted molar refractivity (Wildman–Crippen MR) is 96.3 cm³/mol. The number of sulfone groups is 1. The Bertz CT molecular complexity index is 837. The van der Waals surface area contributed by atoms with E-state index >= 15 is 0 Å². The van der Waals surface area contributed by atoms with E-state index in [1.165, 1.54) is 4.90 Å². The first-order chi connectivity index (χ1) is 12.0. The first kappa shape index (κ1) is 35.2. The fourth-order valence-electron chi connectivity index (χ4n) is 1.93. The van der Waals surface area contributed by atoms with Crippen LogP contribution in [-0.4, -0.2) is 103 Å². The van der Waals surface area contributed by atoms with Crippen molar-refractivity contribution in [2.75, 3.05) is 55.4 Å². The molecule has 0 saturated carbocycles. The van der Waals surface area contributed by atoms with Gasteiger partial charge >= 0.3 is 59.1 Å². The molecule has 0 aromatic heterocycles. The Morgan fingerprint density at radius 1 is 0.690 bits per heavy atom. The minimum atomic E-state index is -4.53. The Labute approximate surface area is 217 Å². The second kappa shape index (κ2) is 15.5. The maximum absolute atomic E-state index is 11.7. The van der Waals surface area contributed by atoms with Gasteiger partial charge in [0.25, 0.3) is 0 Å². The van der Waals surface area contributed by atoms with Gasteiger partial charge in [0.2, 0.25) is 10.0 Å². The van der Waals surface area contributed by atoms with Crippen molar-refractivity contribution in [3.63, 3.8) is 0 Å². The molecule has 0 unspecified atom stereocenters. The molecule has 1 N–H and O–H groups in total. The third kappa shape index (κ3) is 25.8. The summed E-state index contributed by atoms with van der Waals surface area (Å²) in [7, 11) is -16.0. The van der Waals surface area contributed by atoms with E-state index < -0.39 is 51.6 Å². The standard InChI is InChI=1S/C11H26N2O10S4.2Na/c1-24(14,15)8-3-9-25(16,17)12-4-2-5-13(6-10-26(18,19)20)7-11-27(21,22)23;;/h12H,2-11H2,1H3,(H,18,19,20)(H,21,22,23);;/q;2*+1/p-2. The summed E-state index contributed by atoms with van der Waals surface area (Å²) in [6.07, 6.45) is 1.08. The van der Waals surface area contributed by atoms with Gasteiger partial charge in [-0.25, -0.2) is 38.4 Å². The van der Waals surface area contributed by atoms with E-state index in [-0.39, 0.29) is 110 Å². The molecule has 0 saturated heterocycles. The van der Waals surface area contributed by atoms with E-state index in [2.05, 4.69) is 4.72 Å². The number of sulfonamides is 1. The van der Waals surface area contributed by atoms with Crippen molar-refractivity contribution in [2.45, 2.75) is 12.8 Å². The van der Waals surface area contributed by atoms with Crippen LogP contribution in [0.1, 0.15) is 12.8 Å². The quantitative estimate of drug-likeness (QED) is 0.123. The fourth-order valence-corrected chi connectivity index (χ4v) is 4.87. The van der Waals surface area contributed by atoms with E-state index in [4.69, 9.17) is 0 Å². The summed E-state index contributed by atoms with van der Waals surface area (Å²) in [6.45, 7) is -0.590. The van der Waals surface area contributed by atoms with Gasteiger partial charge in [0, 0.05) is 25.9 Å². The van der Waals surface area contributed by atoms with Gasteiger partial charge in [-0.05, 0) is 19.4 Å². The number of rotatable bonds is 15. The molecule has 0 bridgehead atoms. The smallest absolute Gasteiger partial charge is 0.748 e. The van der Waals surface area contributed by atoms with Gasteiger partial charge in [0.1, 0.15) is 9.84 Å². The van der Waals surface area contributed by atoms with Crippen LogP contribution >= 0.6 is 0 Å². The van der Waals surface area contributed by atoms with Gasteiger partial charge in [-0.2, -0.15) is 0 Å². The summed E-state index contributed by atoms with van der Waals surface area (Å²) in [4.78, 5) is 1.27. The van der Waals surface area contributed by atoms with E-state index in [0.29, 0.717) is 0 Å². The van der Waals surface area contributed by atoms with E-state index in [0.717, 1.165) is 6.26 Å². The minimum absolute atomic E-state index is 0. The molecule has 0 aromatic rings. The molecule has 0 heterocycles. The maximum atomic E-state index is 11.7. The zero-order valence-electron chi connectivity index (χ0n) is 16.7. The van der Waals surface area contributed by atoms with Crippen LogP contribution in [0.2, 0.25) is 0 Å². The van der Waals surface area contributed by atoms with Crippen molar-refractivity contribution in [3.8, 4) is 0 Å². The molecule has 0 radical (unpaired) electrons. The first-order valence-corrected chi connectivity index (χ1v) is 14.6. The molecule has 18 heteroatoms. The third-order valence-electron chi connectivity index (χ3n) is 3.22. The van der Waals surface area contributed by atoms with Gasteiger partial charge < -0.3 is 14.0 Å². The van der Waals surface area contributed by atoms with Crippen molar-refractivity contribution >= 4 is 40.1 Å². The SMILES string of the molecule is CS(=O)(=O)CCCS(=O)(=O)NCCCN(CCS(=O)(=O)[O-])CCS(=O)(=O)[O-].[Na+].[Na+]. The van der Waals surface area contributed by atoms with Crippen LogP contribution in [0.3, 0.4) is 0 Å². The van der Waals surface area contributed by atoms with E-state index in [1.807, 2.05) is 0 Å². The second-order valence-corrected chi connectivity index (χ2v) is 13.1. The third-order valence-corrected chi connectivity index (χ3v) is 7.08. The van der Waals surface area contributed by atoms with Crippen LogP contribution in [0.5, 0.6) is 0 Å². The molecule has 0 rings (SSSR count). The van der Waals surface area contributed by atoms with Crippen LogP contribution in [0.25, 0.3) is 0 Å². The summed E-state index contributed by atoms with van der Waals surface area (Å²) >= 11 is 0. The van der Waals surface area contributed by atoms with E-state index in [1.54, 1.807) is 0 Å². The second-order valence-electron chi connectivity index (χ2n) is 5.92. The molecule has 0 aliphatic heterocycles. The monoisotopic (exact) mass is 518 g/mol. The molecule has 0 amide bonds. The summed E-state index contributed by atoms with van der Waals surface area (Å²) < 4.78 is 112. The average Bonchev–Trinajstić information content (AvgIpc) is 2.41. The topological polar surface area (TPSA) is 198 Å². The minimum Gasteiger partial charge on any atom is -0.748 e. The molecule has 0 spiro atoms. The van der Waals surface area contributed by atoms with Crippen molar-refractivity contribution < 1.29 is 102 Å². The summed E-state index contributed by atoms with van der Waals surface area (Å²) in [5.74, 6) is -2.20. The Hall–Kier alpha value is 1.64. The van der Waals surface area contributed by atoms with Crippen LogP contribution in [0.4, 0.5) is 0 Å².